The number of rotatable bonds is 2. The Balaban J connectivity index is 2.38. The Kier molecular flexibility index (Phi) is 3.90. The molecule has 0 spiro atoms. The summed E-state index contributed by atoms with van der Waals surface area (Å²) in [7, 11) is 4.21. The number of anilines is 1. The molecule has 2 atom stereocenters. The number of hydrogen-bond acceptors (Lipinski definition) is 6. The number of ether oxygens (including phenoxy) is 1. The summed E-state index contributed by atoms with van der Waals surface area (Å²) in [5.41, 5.74) is -0.371. The van der Waals surface area contributed by atoms with Crippen LogP contribution in [0.5, 0.6) is 0 Å². The topological polar surface area (TPSA) is 95.5 Å². The molecule has 0 bridgehead atoms. The molecule has 0 saturated heterocycles. The maximum absolute atomic E-state index is 12.8. The Bertz CT molecular complexity index is 995. The van der Waals surface area contributed by atoms with Gasteiger partial charge >= 0.3 is 11.7 Å². The Morgan fingerprint density at radius 3 is 2.52 bits per heavy atom. The molecule has 2 aromatic heterocycles. The van der Waals surface area contributed by atoms with Crippen LogP contribution in [0.4, 0.5) is 5.82 Å². The fraction of sp³-hybridized carbons (Fsp3) is 0.353. The SMILES string of the molecule is C=C1Nc2c(c(=O)n(C)c(=O)n2C)[C@H](c2ccc(C)o2)[C@H]1C(=O)OC. The van der Waals surface area contributed by atoms with Gasteiger partial charge in [0.25, 0.3) is 5.56 Å². The number of esters is 1. The van der Waals surface area contributed by atoms with Crippen molar-refractivity contribution in [2.45, 2.75) is 12.8 Å². The molecule has 25 heavy (non-hydrogen) atoms. The average molecular weight is 345 g/mol. The summed E-state index contributed by atoms with van der Waals surface area (Å²) in [6.07, 6.45) is 0. The molecule has 0 amide bonds. The van der Waals surface area contributed by atoms with Crippen LogP contribution >= 0.6 is 0 Å². The first kappa shape index (κ1) is 16.8. The molecule has 1 aliphatic heterocycles. The van der Waals surface area contributed by atoms with E-state index in [0.29, 0.717) is 23.0 Å². The molecule has 8 nitrogen and oxygen atoms in total. The number of carbonyl (C=O) groups is 1. The van der Waals surface area contributed by atoms with Crippen LogP contribution in [-0.4, -0.2) is 22.2 Å². The van der Waals surface area contributed by atoms with Crippen LogP contribution in [-0.2, 0) is 23.6 Å². The van der Waals surface area contributed by atoms with Crippen molar-refractivity contribution < 1.29 is 13.9 Å². The maximum Gasteiger partial charge on any atom is 0.332 e. The lowest BCUT2D eigenvalue weighted by Gasteiger charge is -2.33. The van der Waals surface area contributed by atoms with Gasteiger partial charge in [-0.05, 0) is 19.1 Å². The van der Waals surface area contributed by atoms with Gasteiger partial charge in [-0.2, -0.15) is 0 Å². The fourth-order valence-electron chi connectivity index (χ4n) is 3.23. The number of furan rings is 1. The highest BCUT2D eigenvalue weighted by molar-refractivity contribution is 5.81. The first-order chi connectivity index (χ1) is 11.8. The minimum Gasteiger partial charge on any atom is -0.468 e. The zero-order valence-corrected chi connectivity index (χ0v) is 14.5. The zero-order valence-electron chi connectivity index (χ0n) is 14.5. The number of aromatic nitrogens is 2. The van der Waals surface area contributed by atoms with Crippen LogP contribution in [0.15, 0.2) is 38.4 Å². The molecule has 2 aromatic rings. The predicted molar refractivity (Wildman–Crippen MR) is 90.5 cm³/mol. The first-order valence-corrected chi connectivity index (χ1v) is 7.67. The quantitative estimate of drug-likeness (QED) is 0.811. The summed E-state index contributed by atoms with van der Waals surface area (Å²) in [6.45, 7) is 5.66. The molecule has 3 rings (SSSR count). The van der Waals surface area contributed by atoms with Crippen molar-refractivity contribution >= 4 is 11.8 Å². The molecule has 1 aliphatic rings. The van der Waals surface area contributed by atoms with Crippen LogP contribution in [0, 0.1) is 12.8 Å². The first-order valence-electron chi connectivity index (χ1n) is 7.67. The van der Waals surface area contributed by atoms with Crippen molar-refractivity contribution in [1.82, 2.24) is 9.13 Å². The van der Waals surface area contributed by atoms with Gasteiger partial charge in [-0.15, -0.1) is 0 Å². The Morgan fingerprint density at radius 2 is 1.96 bits per heavy atom. The largest absolute Gasteiger partial charge is 0.468 e. The standard InChI is InChI=1S/C17H19N3O5/c1-8-6-7-10(25-8)12-11(16(22)24-5)9(2)18-14-13(12)15(21)20(4)17(23)19(14)3/h6-7,11-12,18H,2H2,1,3-5H3/t11-,12+/m0/s1. The van der Waals surface area contributed by atoms with E-state index in [1.165, 1.54) is 18.7 Å². The smallest absolute Gasteiger partial charge is 0.332 e. The van der Waals surface area contributed by atoms with Crippen molar-refractivity contribution in [3.8, 4) is 0 Å². The normalized spacial score (nSPS) is 19.3. The molecule has 0 unspecified atom stereocenters. The van der Waals surface area contributed by atoms with Crippen LogP contribution in [0.1, 0.15) is 23.0 Å². The van der Waals surface area contributed by atoms with Gasteiger partial charge in [-0.3, -0.25) is 18.7 Å². The molecular weight excluding hydrogens is 326 g/mol. The Labute approximate surface area is 143 Å². The van der Waals surface area contributed by atoms with E-state index >= 15 is 0 Å². The van der Waals surface area contributed by atoms with E-state index in [-0.39, 0.29) is 5.56 Å². The fourth-order valence-corrected chi connectivity index (χ4v) is 3.23. The molecule has 8 heteroatoms. The van der Waals surface area contributed by atoms with E-state index in [9.17, 15) is 14.4 Å². The lowest BCUT2D eigenvalue weighted by atomic mass is 9.80. The van der Waals surface area contributed by atoms with Gasteiger partial charge in [0.1, 0.15) is 23.3 Å². The van der Waals surface area contributed by atoms with E-state index in [1.54, 1.807) is 26.1 Å². The van der Waals surface area contributed by atoms with E-state index in [0.717, 1.165) is 4.57 Å². The number of carbonyl (C=O) groups excluding carboxylic acids is 1. The number of hydrogen-bond donors (Lipinski definition) is 1. The van der Waals surface area contributed by atoms with Crippen LogP contribution in [0.2, 0.25) is 0 Å². The van der Waals surface area contributed by atoms with E-state index in [1.807, 2.05) is 0 Å². The molecular formula is C17H19N3O5. The number of aryl methyl sites for hydroxylation is 1. The molecule has 0 saturated carbocycles. The van der Waals surface area contributed by atoms with Crippen molar-refractivity contribution in [2.24, 2.45) is 20.0 Å². The second-order valence-electron chi connectivity index (χ2n) is 6.05. The van der Waals surface area contributed by atoms with Crippen LogP contribution in [0.25, 0.3) is 0 Å². The summed E-state index contributed by atoms with van der Waals surface area (Å²) in [5.74, 6) is -0.752. The van der Waals surface area contributed by atoms with Gasteiger partial charge in [0.2, 0.25) is 0 Å². The molecule has 3 heterocycles. The summed E-state index contributed by atoms with van der Waals surface area (Å²) in [4.78, 5) is 37.4. The predicted octanol–water partition coefficient (Wildman–Crippen LogP) is 0.846. The highest BCUT2D eigenvalue weighted by Gasteiger charge is 2.43. The second kappa shape index (κ2) is 5.80. The third-order valence-corrected chi connectivity index (χ3v) is 4.52. The number of nitrogens with one attached hydrogen (secondary N) is 1. The molecule has 0 fully saturated rings. The molecule has 0 aromatic carbocycles. The van der Waals surface area contributed by atoms with Crippen molar-refractivity contribution in [3.63, 3.8) is 0 Å². The van der Waals surface area contributed by atoms with Crippen molar-refractivity contribution in [2.75, 3.05) is 12.4 Å². The molecule has 132 valence electrons. The summed E-state index contributed by atoms with van der Waals surface area (Å²) in [5, 5.41) is 2.92. The molecule has 0 radical (unpaired) electrons. The Morgan fingerprint density at radius 1 is 1.28 bits per heavy atom. The lowest BCUT2D eigenvalue weighted by Crippen LogP contribution is -2.46. The maximum atomic E-state index is 12.8. The van der Waals surface area contributed by atoms with Gasteiger partial charge in [-0.25, -0.2) is 4.79 Å². The van der Waals surface area contributed by atoms with Crippen molar-refractivity contribution in [1.29, 1.82) is 0 Å². The third kappa shape index (κ3) is 2.41. The van der Waals surface area contributed by atoms with E-state index in [2.05, 4.69) is 11.9 Å². The highest BCUT2D eigenvalue weighted by atomic mass is 16.5. The van der Waals surface area contributed by atoms with Gasteiger partial charge in [0, 0.05) is 19.8 Å². The monoisotopic (exact) mass is 345 g/mol. The summed E-state index contributed by atoms with van der Waals surface area (Å²) < 4.78 is 12.9. The van der Waals surface area contributed by atoms with Crippen molar-refractivity contribution in [3.05, 3.63) is 62.3 Å². The number of nitrogens with zero attached hydrogens (tertiary/aromatic N) is 2. The van der Waals surface area contributed by atoms with Gasteiger partial charge in [0.15, 0.2) is 0 Å². The van der Waals surface area contributed by atoms with Gasteiger partial charge in [-0.1, -0.05) is 6.58 Å². The third-order valence-electron chi connectivity index (χ3n) is 4.52. The molecule has 0 aliphatic carbocycles. The summed E-state index contributed by atoms with van der Waals surface area (Å²) in [6, 6.07) is 3.46. The van der Waals surface area contributed by atoms with Gasteiger partial charge in [0.05, 0.1) is 18.6 Å². The van der Waals surface area contributed by atoms with E-state index in [4.69, 9.17) is 9.15 Å². The molecule has 1 N–H and O–H groups in total. The highest BCUT2D eigenvalue weighted by Crippen LogP contribution is 2.42. The lowest BCUT2D eigenvalue weighted by molar-refractivity contribution is -0.144. The second-order valence-corrected chi connectivity index (χ2v) is 6.05. The zero-order chi connectivity index (χ0) is 18.5. The Hall–Kier alpha value is -3.03. The number of methoxy groups -OCH3 is 1. The van der Waals surface area contributed by atoms with E-state index < -0.39 is 29.1 Å². The number of fused-ring (bicyclic) bond motifs is 1. The summed E-state index contributed by atoms with van der Waals surface area (Å²) >= 11 is 0. The minimum atomic E-state index is -0.853. The van der Waals surface area contributed by atoms with Crippen LogP contribution < -0.4 is 16.6 Å². The minimum absolute atomic E-state index is 0.266. The average Bonchev–Trinajstić information content (AvgIpc) is 3.02. The van der Waals surface area contributed by atoms with Crippen LogP contribution in [0.3, 0.4) is 0 Å². The van der Waals surface area contributed by atoms with Gasteiger partial charge < -0.3 is 14.5 Å².